The minimum Gasteiger partial charge on any atom is -0.508 e. The van der Waals surface area contributed by atoms with Crippen LogP contribution in [0.5, 0.6) is 11.5 Å². The molecular weight excluding hydrogens is 566 g/mol. The third-order valence-corrected chi connectivity index (χ3v) is 7.46. The predicted molar refractivity (Wildman–Crippen MR) is 160 cm³/mol. The van der Waals surface area contributed by atoms with Gasteiger partial charge >= 0.3 is 12.1 Å². The molecule has 0 bridgehead atoms. The first kappa shape index (κ1) is 32.2. The van der Waals surface area contributed by atoms with E-state index in [-0.39, 0.29) is 44.0 Å². The van der Waals surface area contributed by atoms with Gasteiger partial charge in [0.1, 0.15) is 18.1 Å². The molecule has 1 amide bonds. The van der Waals surface area contributed by atoms with E-state index < -0.39 is 41.5 Å². The molecule has 4 atom stereocenters. The minimum atomic E-state index is -1.17. The van der Waals surface area contributed by atoms with Crippen molar-refractivity contribution >= 4 is 23.6 Å². The number of methoxy groups -OCH3 is 1. The molecule has 44 heavy (non-hydrogen) atoms. The highest BCUT2D eigenvalue weighted by Crippen LogP contribution is 2.31. The van der Waals surface area contributed by atoms with Crippen LogP contribution in [-0.4, -0.2) is 60.2 Å². The summed E-state index contributed by atoms with van der Waals surface area (Å²) < 4.78 is 21.6. The highest BCUT2D eigenvalue weighted by molar-refractivity contribution is 5.95. The maximum absolute atomic E-state index is 13.7. The first-order valence-electron chi connectivity index (χ1n) is 14.4. The predicted octanol–water partition coefficient (Wildman–Crippen LogP) is 4.35. The van der Waals surface area contributed by atoms with Gasteiger partial charge in [0.05, 0.1) is 25.7 Å². The number of ether oxygens (including phenoxy) is 4. The third kappa shape index (κ3) is 9.15. The number of carbonyl (C=O) groups is 4. The highest BCUT2D eigenvalue weighted by atomic mass is 16.6. The number of carbonyl (C=O) groups excluding carboxylic acids is 4. The minimum absolute atomic E-state index is 0.0408. The van der Waals surface area contributed by atoms with Gasteiger partial charge in [0.2, 0.25) is 5.78 Å². The summed E-state index contributed by atoms with van der Waals surface area (Å²) in [5, 5.41) is 12.2. The molecule has 3 aromatic rings. The monoisotopic (exact) mass is 603 g/mol. The van der Waals surface area contributed by atoms with Gasteiger partial charge in [-0.15, -0.1) is 0 Å². The van der Waals surface area contributed by atoms with E-state index in [2.05, 4.69) is 5.32 Å². The van der Waals surface area contributed by atoms with Gasteiger partial charge in [-0.2, -0.15) is 0 Å². The second-order valence-corrected chi connectivity index (χ2v) is 11.0. The number of hydrogen-bond acceptors (Lipinski definition) is 9. The molecular formula is C34H37NO9. The molecule has 232 valence electrons. The number of rotatable bonds is 15. The lowest BCUT2D eigenvalue weighted by Gasteiger charge is -2.23. The molecule has 0 unspecified atom stereocenters. The van der Waals surface area contributed by atoms with Gasteiger partial charge in [-0.25, -0.2) is 4.79 Å². The third-order valence-electron chi connectivity index (χ3n) is 7.46. The molecule has 3 aromatic carbocycles. The summed E-state index contributed by atoms with van der Waals surface area (Å²) in [6, 6.07) is 21.5. The number of ketones is 2. The van der Waals surface area contributed by atoms with Crippen molar-refractivity contribution in [2.75, 3.05) is 13.7 Å². The van der Waals surface area contributed by atoms with Crippen LogP contribution in [0.15, 0.2) is 78.9 Å². The molecule has 1 saturated heterocycles. The summed E-state index contributed by atoms with van der Waals surface area (Å²) in [6.45, 7) is 3.41. The zero-order valence-electron chi connectivity index (χ0n) is 25.0. The number of alkyl carbamates (subject to hydrolysis) is 1. The summed E-state index contributed by atoms with van der Waals surface area (Å²) in [6.07, 6.45) is -1.97. The van der Waals surface area contributed by atoms with Crippen molar-refractivity contribution in [2.45, 2.75) is 57.5 Å². The number of epoxide rings is 1. The molecule has 10 heteroatoms. The van der Waals surface area contributed by atoms with Gasteiger partial charge in [-0.05, 0) is 61.2 Å². The number of amides is 1. The van der Waals surface area contributed by atoms with Crippen LogP contribution in [0, 0.1) is 5.92 Å². The highest BCUT2D eigenvalue weighted by Gasteiger charge is 2.51. The number of benzene rings is 3. The number of phenolic OH excluding ortho intramolecular Hbond substituents is 1. The van der Waals surface area contributed by atoms with E-state index in [9.17, 15) is 24.3 Å². The maximum Gasteiger partial charge on any atom is 0.408 e. The fourth-order valence-corrected chi connectivity index (χ4v) is 4.59. The Hall–Kier alpha value is -4.70. The van der Waals surface area contributed by atoms with Crippen molar-refractivity contribution in [3.05, 3.63) is 95.6 Å². The Labute approximate surface area is 256 Å². The van der Waals surface area contributed by atoms with Crippen LogP contribution in [0.1, 0.15) is 37.0 Å². The van der Waals surface area contributed by atoms with E-state index in [4.69, 9.17) is 18.9 Å². The van der Waals surface area contributed by atoms with Gasteiger partial charge in [0.25, 0.3) is 0 Å². The first-order valence-corrected chi connectivity index (χ1v) is 14.4. The van der Waals surface area contributed by atoms with Gasteiger partial charge in [-0.3, -0.25) is 14.4 Å². The van der Waals surface area contributed by atoms with Gasteiger partial charge < -0.3 is 29.4 Å². The normalized spacial score (nSPS) is 17.4. The molecule has 4 rings (SSSR count). The van der Waals surface area contributed by atoms with Gasteiger partial charge in [0, 0.05) is 12.8 Å². The average molecular weight is 604 g/mol. The summed E-state index contributed by atoms with van der Waals surface area (Å²) in [7, 11) is 1.54. The van der Waals surface area contributed by atoms with Crippen LogP contribution in [0.2, 0.25) is 0 Å². The second-order valence-electron chi connectivity index (χ2n) is 11.0. The van der Waals surface area contributed by atoms with Crippen LogP contribution in [0.25, 0.3) is 0 Å². The van der Waals surface area contributed by atoms with Crippen LogP contribution in [-0.2, 0) is 48.0 Å². The van der Waals surface area contributed by atoms with Crippen molar-refractivity contribution in [1.82, 2.24) is 5.32 Å². The van der Waals surface area contributed by atoms with E-state index >= 15 is 0 Å². The van der Waals surface area contributed by atoms with E-state index in [1.807, 2.05) is 30.3 Å². The summed E-state index contributed by atoms with van der Waals surface area (Å²) in [5.74, 6) is -1.78. The standard InChI is InChI=1S/C34H37NO9/c1-22(35-33(40)42-20-25-7-5-4-6-8-25)29(37)19-26(17-23-11-15-28(41-3)16-12-23)32(39)44-30(31(38)34(2)21-43-34)18-24-9-13-27(36)14-10-24/h4-16,22,26,30,36H,17-21H2,1-3H3,(H,35,40)/t22-,26-,30+,34-/m1/s1. The molecule has 0 aromatic heterocycles. The molecule has 0 aliphatic carbocycles. The Kier molecular flexibility index (Phi) is 10.7. The van der Waals surface area contributed by atoms with E-state index in [1.54, 1.807) is 50.4 Å². The molecule has 1 heterocycles. The van der Waals surface area contributed by atoms with Crippen molar-refractivity contribution in [1.29, 1.82) is 0 Å². The second kappa shape index (κ2) is 14.7. The molecule has 10 nitrogen and oxygen atoms in total. The van der Waals surface area contributed by atoms with Crippen molar-refractivity contribution in [3.8, 4) is 11.5 Å². The fourth-order valence-electron chi connectivity index (χ4n) is 4.59. The number of nitrogens with one attached hydrogen (secondary N) is 1. The lowest BCUT2D eigenvalue weighted by molar-refractivity contribution is -0.161. The molecule has 0 radical (unpaired) electrons. The number of phenols is 1. The van der Waals surface area contributed by atoms with Gasteiger partial charge in [-0.1, -0.05) is 54.6 Å². The van der Waals surface area contributed by atoms with Crippen LogP contribution >= 0.6 is 0 Å². The molecule has 2 N–H and O–H groups in total. The molecule has 0 saturated carbocycles. The topological polar surface area (TPSA) is 141 Å². The number of aromatic hydroxyl groups is 1. The van der Waals surface area contributed by atoms with Gasteiger partial charge in [0.15, 0.2) is 17.5 Å². The molecule has 1 aliphatic rings. The zero-order chi connectivity index (χ0) is 31.7. The first-order chi connectivity index (χ1) is 21.1. The SMILES string of the molecule is COc1ccc(C[C@H](CC(=O)[C@@H](C)NC(=O)OCc2ccccc2)C(=O)O[C@@H](Cc2ccc(O)cc2)C(=O)[C@@]2(C)CO2)cc1. The van der Waals surface area contributed by atoms with E-state index in [0.29, 0.717) is 11.3 Å². The maximum atomic E-state index is 13.7. The van der Waals surface area contributed by atoms with Crippen molar-refractivity contribution in [2.24, 2.45) is 5.92 Å². The van der Waals surface area contributed by atoms with E-state index in [0.717, 1.165) is 11.1 Å². The summed E-state index contributed by atoms with van der Waals surface area (Å²) in [5.41, 5.74) is 1.17. The van der Waals surface area contributed by atoms with Crippen molar-refractivity contribution < 1.29 is 43.2 Å². The van der Waals surface area contributed by atoms with Crippen LogP contribution in [0.4, 0.5) is 4.79 Å². The number of esters is 1. The number of hydrogen-bond donors (Lipinski definition) is 2. The zero-order valence-corrected chi connectivity index (χ0v) is 25.0. The smallest absolute Gasteiger partial charge is 0.408 e. The van der Waals surface area contributed by atoms with Crippen LogP contribution in [0.3, 0.4) is 0 Å². The van der Waals surface area contributed by atoms with Crippen LogP contribution < -0.4 is 10.1 Å². The largest absolute Gasteiger partial charge is 0.508 e. The Morgan fingerprint density at radius 1 is 0.909 bits per heavy atom. The Bertz CT molecular complexity index is 1430. The fraction of sp³-hybridized carbons (Fsp3) is 0.353. The van der Waals surface area contributed by atoms with Crippen molar-refractivity contribution in [3.63, 3.8) is 0 Å². The Morgan fingerprint density at radius 2 is 1.52 bits per heavy atom. The molecule has 1 aliphatic heterocycles. The summed E-state index contributed by atoms with van der Waals surface area (Å²) in [4.78, 5) is 52.6. The van der Waals surface area contributed by atoms with E-state index in [1.165, 1.54) is 19.1 Å². The quantitative estimate of drug-likeness (QED) is 0.192. The Morgan fingerprint density at radius 3 is 2.14 bits per heavy atom. The summed E-state index contributed by atoms with van der Waals surface area (Å²) >= 11 is 0. The lowest BCUT2D eigenvalue weighted by Crippen LogP contribution is -2.42. The number of Topliss-reactive ketones (excluding diaryl/α,β-unsaturated/α-hetero) is 2. The lowest BCUT2D eigenvalue weighted by atomic mass is 9.91. The average Bonchev–Trinajstić information content (AvgIpc) is 3.79. The molecule has 1 fully saturated rings. The Balaban J connectivity index is 1.46. The molecule has 0 spiro atoms.